The molecule has 0 saturated heterocycles. The molecule has 1 aliphatic carbocycles. The summed E-state index contributed by atoms with van der Waals surface area (Å²) in [6, 6.07) is 14.8. The third-order valence-electron chi connectivity index (χ3n) is 4.26. The highest BCUT2D eigenvalue weighted by Crippen LogP contribution is 2.49. The molecule has 6 heteroatoms. The van der Waals surface area contributed by atoms with E-state index >= 15 is 0 Å². The molecule has 0 aromatic heterocycles. The van der Waals surface area contributed by atoms with E-state index in [0.717, 1.165) is 22.9 Å². The summed E-state index contributed by atoms with van der Waals surface area (Å²) in [5.41, 5.74) is 1.28. The summed E-state index contributed by atoms with van der Waals surface area (Å²) in [6.45, 7) is -0.145. The first-order valence-corrected chi connectivity index (χ1v) is 8.70. The summed E-state index contributed by atoms with van der Waals surface area (Å²) in [7, 11) is 1.31. The molecule has 1 saturated carbocycles. The monoisotopic (exact) mass is 403 g/mol. The van der Waals surface area contributed by atoms with Crippen molar-refractivity contribution >= 4 is 33.5 Å². The van der Waals surface area contributed by atoms with Crippen molar-refractivity contribution in [1.29, 1.82) is 0 Å². The Balaban J connectivity index is 1.64. The van der Waals surface area contributed by atoms with Gasteiger partial charge < -0.3 is 14.8 Å². The van der Waals surface area contributed by atoms with Crippen molar-refractivity contribution in [2.45, 2.75) is 18.3 Å². The van der Waals surface area contributed by atoms with Crippen molar-refractivity contribution < 1.29 is 19.1 Å². The number of hydrogen-bond donors (Lipinski definition) is 1. The molecule has 1 N–H and O–H groups in total. The molecule has 0 aliphatic heterocycles. The maximum absolute atomic E-state index is 12.7. The van der Waals surface area contributed by atoms with Gasteiger partial charge in [0.25, 0.3) is 0 Å². The SMILES string of the molecule is COC(=O)COc1ccc(NC(=O)C2(c3cccc(Br)c3)CC2)cc1. The molecule has 0 radical (unpaired) electrons. The van der Waals surface area contributed by atoms with Gasteiger partial charge in [-0.25, -0.2) is 4.79 Å². The van der Waals surface area contributed by atoms with E-state index in [0.29, 0.717) is 11.4 Å². The van der Waals surface area contributed by atoms with Gasteiger partial charge in [0, 0.05) is 10.2 Å². The molecule has 0 spiro atoms. The second-order valence-electron chi connectivity index (χ2n) is 5.94. The van der Waals surface area contributed by atoms with Crippen molar-refractivity contribution in [3.63, 3.8) is 0 Å². The van der Waals surface area contributed by atoms with Gasteiger partial charge in [-0.05, 0) is 54.8 Å². The molecule has 1 amide bonds. The number of carbonyl (C=O) groups excluding carboxylic acids is 2. The molecule has 1 aliphatic rings. The van der Waals surface area contributed by atoms with Crippen LogP contribution in [0, 0.1) is 0 Å². The van der Waals surface area contributed by atoms with Crippen LogP contribution in [0.5, 0.6) is 5.75 Å². The van der Waals surface area contributed by atoms with E-state index in [1.165, 1.54) is 7.11 Å². The van der Waals surface area contributed by atoms with Crippen molar-refractivity contribution in [2.75, 3.05) is 19.0 Å². The average molecular weight is 404 g/mol. The van der Waals surface area contributed by atoms with Crippen LogP contribution in [0.4, 0.5) is 5.69 Å². The Morgan fingerprint density at radius 2 is 1.88 bits per heavy atom. The van der Waals surface area contributed by atoms with Crippen LogP contribution in [-0.2, 0) is 19.7 Å². The smallest absolute Gasteiger partial charge is 0.343 e. The lowest BCUT2D eigenvalue weighted by Crippen LogP contribution is -2.27. The number of carbonyl (C=O) groups is 2. The van der Waals surface area contributed by atoms with Gasteiger partial charge in [-0.1, -0.05) is 28.1 Å². The Morgan fingerprint density at radius 1 is 1.16 bits per heavy atom. The zero-order chi connectivity index (χ0) is 17.9. The van der Waals surface area contributed by atoms with Crippen molar-refractivity contribution in [1.82, 2.24) is 0 Å². The predicted molar refractivity (Wildman–Crippen MR) is 97.6 cm³/mol. The Labute approximate surface area is 154 Å². The number of benzene rings is 2. The molecule has 25 heavy (non-hydrogen) atoms. The second-order valence-corrected chi connectivity index (χ2v) is 6.85. The molecule has 5 nitrogen and oxygen atoms in total. The van der Waals surface area contributed by atoms with E-state index in [1.807, 2.05) is 24.3 Å². The Bertz CT molecular complexity index is 784. The van der Waals surface area contributed by atoms with Crippen LogP contribution in [-0.4, -0.2) is 25.6 Å². The minimum Gasteiger partial charge on any atom is -0.482 e. The molecule has 2 aromatic carbocycles. The number of anilines is 1. The highest BCUT2D eigenvalue weighted by atomic mass is 79.9. The second kappa shape index (κ2) is 7.27. The minimum atomic E-state index is -0.443. The Kier molecular flexibility index (Phi) is 5.08. The first kappa shape index (κ1) is 17.5. The van der Waals surface area contributed by atoms with Crippen LogP contribution in [0.1, 0.15) is 18.4 Å². The van der Waals surface area contributed by atoms with Gasteiger partial charge in [0.1, 0.15) is 5.75 Å². The van der Waals surface area contributed by atoms with E-state index in [1.54, 1.807) is 24.3 Å². The van der Waals surface area contributed by atoms with E-state index in [2.05, 4.69) is 26.0 Å². The first-order chi connectivity index (χ1) is 12.0. The van der Waals surface area contributed by atoms with Crippen molar-refractivity contribution in [2.24, 2.45) is 0 Å². The van der Waals surface area contributed by atoms with Gasteiger partial charge in [-0.3, -0.25) is 4.79 Å². The molecule has 2 aromatic rings. The third-order valence-corrected chi connectivity index (χ3v) is 4.75. The molecule has 3 rings (SSSR count). The number of nitrogens with one attached hydrogen (secondary N) is 1. The van der Waals surface area contributed by atoms with Gasteiger partial charge >= 0.3 is 5.97 Å². The van der Waals surface area contributed by atoms with Crippen LogP contribution in [0.2, 0.25) is 0 Å². The third kappa shape index (κ3) is 4.02. The lowest BCUT2D eigenvalue weighted by molar-refractivity contribution is -0.142. The van der Waals surface area contributed by atoms with Crippen molar-refractivity contribution in [3.8, 4) is 5.75 Å². The van der Waals surface area contributed by atoms with E-state index in [-0.39, 0.29) is 12.5 Å². The fourth-order valence-corrected chi connectivity index (χ4v) is 3.04. The molecule has 0 bridgehead atoms. The number of hydrogen-bond acceptors (Lipinski definition) is 4. The molecule has 130 valence electrons. The van der Waals surface area contributed by atoms with Crippen LogP contribution < -0.4 is 10.1 Å². The molecule has 1 fully saturated rings. The molecule has 0 unspecified atom stereocenters. The lowest BCUT2D eigenvalue weighted by atomic mass is 9.95. The molecular weight excluding hydrogens is 386 g/mol. The van der Waals surface area contributed by atoms with Gasteiger partial charge in [0.15, 0.2) is 6.61 Å². The topological polar surface area (TPSA) is 64.6 Å². The maximum Gasteiger partial charge on any atom is 0.343 e. The summed E-state index contributed by atoms with van der Waals surface area (Å²) in [5, 5.41) is 2.96. The summed E-state index contributed by atoms with van der Waals surface area (Å²) in [5.74, 6) is 0.0902. The zero-order valence-corrected chi connectivity index (χ0v) is 15.3. The number of methoxy groups -OCH3 is 1. The normalized spacial score (nSPS) is 14.5. The summed E-state index contributed by atoms with van der Waals surface area (Å²) >= 11 is 3.46. The highest BCUT2D eigenvalue weighted by Gasteiger charge is 2.51. The van der Waals surface area contributed by atoms with Crippen LogP contribution in [0.25, 0.3) is 0 Å². The minimum absolute atomic E-state index is 0.00571. The summed E-state index contributed by atoms with van der Waals surface area (Å²) < 4.78 is 10.8. The molecular formula is C19H18BrNO4. The summed E-state index contributed by atoms with van der Waals surface area (Å²) in [6.07, 6.45) is 1.69. The molecule has 0 atom stereocenters. The lowest BCUT2D eigenvalue weighted by Gasteiger charge is -2.16. The van der Waals surface area contributed by atoms with Gasteiger partial charge in [0.2, 0.25) is 5.91 Å². The Morgan fingerprint density at radius 3 is 2.48 bits per heavy atom. The van der Waals surface area contributed by atoms with Crippen LogP contribution in [0.3, 0.4) is 0 Å². The van der Waals surface area contributed by atoms with E-state index in [9.17, 15) is 9.59 Å². The fraction of sp³-hybridized carbons (Fsp3) is 0.263. The van der Waals surface area contributed by atoms with Gasteiger partial charge in [0.05, 0.1) is 12.5 Å². The number of rotatable bonds is 6. The van der Waals surface area contributed by atoms with Gasteiger partial charge in [-0.15, -0.1) is 0 Å². The number of halogens is 1. The quantitative estimate of drug-likeness (QED) is 0.747. The van der Waals surface area contributed by atoms with Crippen LogP contribution in [0.15, 0.2) is 53.0 Å². The number of esters is 1. The zero-order valence-electron chi connectivity index (χ0n) is 13.8. The predicted octanol–water partition coefficient (Wildman–Crippen LogP) is 3.67. The highest BCUT2D eigenvalue weighted by molar-refractivity contribution is 9.10. The largest absolute Gasteiger partial charge is 0.482 e. The number of ether oxygens (including phenoxy) is 2. The van der Waals surface area contributed by atoms with Gasteiger partial charge in [-0.2, -0.15) is 0 Å². The number of amides is 1. The van der Waals surface area contributed by atoms with E-state index < -0.39 is 11.4 Å². The van der Waals surface area contributed by atoms with Crippen LogP contribution >= 0.6 is 15.9 Å². The first-order valence-electron chi connectivity index (χ1n) is 7.91. The van der Waals surface area contributed by atoms with Crippen molar-refractivity contribution in [3.05, 3.63) is 58.6 Å². The Hall–Kier alpha value is -2.34. The fourth-order valence-electron chi connectivity index (χ4n) is 2.64. The summed E-state index contributed by atoms with van der Waals surface area (Å²) in [4.78, 5) is 23.8. The maximum atomic E-state index is 12.7. The van der Waals surface area contributed by atoms with E-state index in [4.69, 9.17) is 4.74 Å². The standard InChI is InChI=1S/C19H18BrNO4/c1-24-17(22)12-25-16-7-5-15(6-8-16)21-18(23)19(9-10-19)13-3-2-4-14(20)11-13/h2-8,11H,9-10,12H2,1H3,(H,21,23). The molecule has 0 heterocycles. The average Bonchev–Trinajstić information content (AvgIpc) is 3.43.